The highest BCUT2D eigenvalue weighted by Gasteiger charge is 2.28. The van der Waals surface area contributed by atoms with Crippen molar-refractivity contribution in [3.8, 4) is 0 Å². The second-order valence-corrected chi connectivity index (χ2v) is 30.9. The molecule has 0 spiro atoms. The Balaban J connectivity index is 0.000000161. The molecule has 9 heterocycles. The van der Waals surface area contributed by atoms with E-state index in [1.165, 1.54) is 203 Å². The van der Waals surface area contributed by atoms with Gasteiger partial charge in [0, 0.05) is 132 Å². The predicted molar refractivity (Wildman–Crippen MR) is 416 cm³/mol. The van der Waals surface area contributed by atoms with Crippen LogP contribution in [0.25, 0.3) is 32.9 Å². The van der Waals surface area contributed by atoms with Gasteiger partial charge < -0.3 is 48.3 Å². The minimum atomic E-state index is 0. The number of rotatable bonds is 22. The number of likely N-dealkylation sites (tertiary alicyclic amines) is 2. The highest BCUT2D eigenvalue weighted by atomic mass is 35.5. The normalized spacial score (nSPS) is 18.1. The Morgan fingerprint density at radius 1 is 0.384 bits per heavy atom. The first-order chi connectivity index (χ1) is 47.3. The molecule has 0 saturated carbocycles. The number of nitrogens with one attached hydrogen (secondary N) is 1. The zero-order valence-corrected chi connectivity index (χ0v) is 63.5. The number of nitrogens with zero attached hydrogens (tertiary/aromatic N) is 11. The average molecular weight is 1430 g/mol. The van der Waals surface area contributed by atoms with Crippen LogP contribution >= 0.6 is 48.0 Å². The van der Waals surface area contributed by atoms with E-state index in [0.717, 1.165) is 166 Å². The Morgan fingerprint density at radius 3 is 0.970 bits per heavy atom. The Hall–Kier alpha value is -5.17. The molecular weight excluding hydrogens is 1320 g/mol. The van der Waals surface area contributed by atoms with Crippen molar-refractivity contribution in [3.05, 3.63) is 140 Å². The topological polar surface area (TPSA) is 116 Å². The van der Waals surface area contributed by atoms with Crippen molar-refractivity contribution in [3.63, 3.8) is 0 Å². The summed E-state index contributed by atoms with van der Waals surface area (Å²) in [4.78, 5) is 19.5. The number of piperidine rings is 6. The standard InChI is InChI=1S/2C29H39ClN4O.C22H34N4O.2ClH/c2*1-32(2)21-26-28(34-16-4-3-5-17-34)13-11-25-27(31-35-29(25)26)12-8-22-14-18-33(19-15-22)20-23-6-9-24(30)10-7-23;1-25(2)16-19-21(26-14-4-3-5-15-26)9-7-18-20(24-27-22(18)19)8-6-17-10-12-23-13-11-17;;/h2*6-7,9-11,13,22H,3-5,8,12,14-21H2,1-2H3;7,9,17,23H,3-6,8,10-16H2,1-2H3;2*1H. The van der Waals surface area contributed by atoms with Gasteiger partial charge in [0.2, 0.25) is 0 Å². The maximum absolute atomic E-state index is 6.03. The summed E-state index contributed by atoms with van der Waals surface area (Å²) in [6, 6.07) is 30.3. The lowest BCUT2D eigenvalue weighted by atomic mass is 9.90. The van der Waals surface area contributed by atoms with Gasteiger partial charge in [0.1, 0.15) is 0 Å². The lowest BCUT2D eigenvalue weighted by Gasteiger charge is -2.32. The molecule has 6 aliphatic heterocycles. The van der Waals surface area contributed by atoms with E-state index >= 15 is 0 Å². The fourth-order valence-corrected chi connectivity index (χ4v) is 16.5. The zero-order chi connectivity index (χ0) is 67.0. The van der Waals surface area contributed by atoms with Crippen LogP contribution in [0, 0.1) is 17.8 Å². The molecule has 1 N–H and O–H groups in total. The first-order valence-electron chi connectivity index (χ1n) is 37.4. The van der Waals surface area contributed by atoms with Crippen molar-refractivity contribution in [1.82, 2.24) is 45.3 Å². The number of anilines is 3. The van der Waals surface area contributed by atoms with E-state index in [-0.39, 0.29) is 24.8 Å². The molecule has 6 fully saturated rings. The molecule has 6 saturated heterocycles. The second-order valence-electron chi connectivity index (χ2n) is 30.1. The van der Waals surface area contributed by atoms with E-state index in [9.17, 15) is 0 Å². The summed E-state index contributed by atoms with van der Waals surface area (Å²) < 4.78 is 18.0. The van der Waals surface area contributed by atoms with E-state index in [1.807, 2.05) is 24.3 Å². The predicted octanol–water partition coefficient (Wildman–Crippen LogP) is 17.4. The van der Waals surface area contributed by atoms with Crippen molar-refractivity contribution >= 4 is 98.0 Å². The van der Waals surface area contributed by atoms with Gasteiger partial charge in [-0.15, -0.1) is 24.8 Å². The molecule has 15 nitrogen and oxygen atoms in total. The van der Waals surface area contributed by atoms with E-state index in [2.05, 4.69) is 163 Å². The van der Waals surface area contributed by atoms with Crippen LogP contribution in [0.2, 0.25) is 10.0 Å². The van der Waals surface area contributed by atoms with Crippen molar-refractivity contribution < 1.29 is 13.6 Å². The summed E-state index contributed by atoms with van der Waals surface area (Å²) in [6.07, 6.45) is 26.0. The van der Waals surface area contributed by atoms with Gasteiger partial charge in [-0.3, -0.25) is 9.80 Å². The fraction of sp³-hybridized carbons (Fsp3) is 0.588. The molecule has 0 radical (unpaired) electrons. The fourth-order valence-electron chi connectivity index (χ4n) is 16.3. The first-order valence-corrected chi connectivity index (χ1v) is 38.1. The van der Waals surface area contributed by atoms with Crippen LogP contribution < -0.4 is 20.0 Å². The maximum Gasteiger partial charge on any atom is 0.173 e. The van der Waals surface area contributed by atoms with E-state index in [1.54, 1.807) is 0 Å². The van der Waals surface area contributed by atoms with Crippen molar-refractivity contribution in [2.45, 2.75) is 168 Å². The smallest absolute Gasteiger partial charge is 0.173 e. The summed E-state index contributed by atoms with van der Waals surface area (Å²) in [6.45, 7) is 18.6. The number of benzene rings is 5. The Kier molecular flexibility index (Phi) is 29.2. The molecule has 5 aromatic carbocycles. The number of hydrogen-bond donors (Lipinski definition) is 1. The molecule has 14 rings (SSSR count). The summed E-state index contributed by atoms with van der Waals surface area (Å²) in [7, 11) is 12.8. The molecule has 6 aliphatic rings. The quantitative estimate of drug-likeness (QED) is 0.0693. The Morgan fingerprint density at radius 2 is 0.677 bits per heavy atom. The van der Waals surface area contributed by atoms with Gasteiger partial charge in [-0.05, 0) is 306 Å². The monoisotopic (exact) mass is 1430 g/mol. The number of hydrogen-bond acceptors (Lipinski definition) is 15. The molecule has 0 aliphatic carbocycles. The number of aryl methyl sites for hydroxylation is 3. The Bertz CT molecular complexity index is 3530. The molecule has 3 aromatic heterocycles. The van der Waals surface area contributed by atoms with Gasteiger partial charge in [0.15, 0.2) is 16.7 Å². The molecule has 8 aromatic rings. The van der Waals surface area contributed by atoms with E-state index < -0.39 is 0 Å². The van der Waals surface area contributed by atoms with Crippen LogP contribution in [0.5, 0.6) is 0 Å². The van der Waals surface area contributed by atoms with Gasteiger partial charge in [-0.1, -0.05) is 62.9 Å². The van der Waals surface area contributed by atoms with Crippen LogP contribution in [0.4, 0.5) is 17.1 Å². The van der Waals surface area contributed by atoms with Crippen LogP contribution in [0.1, 0.15) is 160 Å². The largest absolute Gasteiger partial charge is 0.371 e. The number of fused-ring (bicyclic) bond motifs is 3. The van der Waals surface area contributed by atoms with Gasteiger partial charge >= 0.3 is 0 Å². The highest BCUT2D eigenvalue weighted by Crippen LogP contribution is 2.39. The van der Waals surface area contributed by atoms with E-state index in [0.29, 0.717) is 0 Å². The lowest BCUT2D eigenvalue weighted by Crippen LogP contribution is -2.33. The van der Waals surface area contributed by atoms with Crippen molar-refractivity contribution in [1.29, 1.82) is 0 Å². The summed E-state index contributed by atoms with van der Waals surface area (Å²) in [5, 5.41) is 22.4. The van der Waals surface area contributed by atoms with E-state index in [4.69, 9.17) is 36.8 Å². The molecule has 99 heavy (non-hydrogen) atoms. The molecule has 19 heteroatoms. The molecule has 0 atom stereocenters. The minimum absolute atomic E-state index is 0. The van der Waals surface area contributed by atoms with Crippen LogP contribution in [-0.2, 0) is 52.0 Å². The third kappa shape index (κ3) is 20.8. The average Bonchev–Trinajstić information content (AvgIpc) is 1.71. The van der Waals surface area contributed by atoms with Crippen molar-refractivity contribution in [2.24, 2.45) is 17.8 Å². The van der Waals surface area contributed by atoms with Crippen LogP contribution in [0.3, 0.4) is 0 Å². The van der Waals surface area contributed by atoms with Crippen molar-refractivity contribution in [2.75, 3.05) is 136 Å². The van der Waals surface area contributed by atoms with Gasteiger partial charge in [-0.25, -0.2) is 0 Å². The van der Waals surface area contributed by atoms with Gasteiger partial charge in [0.25, 0.3) is 0 Å². The molecule has 0 bridgehead atoms. The maximum atomic E-state index is 6.03. The summed E-state index contributed by atoms with van der Waals surface area (Å²) >= 11 is 12.1. The first kappa shape index (κ1) is 76.5. The minimum Gasteiger partial charge on any atom is -0.371 e. The molecular formula is C80H114Cl4N12O3. The highest BCUT2D eigenvalue weighted by molar-refractivity contribution is 6.30. The Labute approximate surface area is 613 Å². The number of aromatic nitrogens is 3. The second kappa shape index (κ2) is 37.8. The van der Waals surface area contributed by atoms with Gasteiger partial charge in [-0.2, -0.15) is 0 Å². The van der Waals surface area contributed by atoms with Gasteiger partial charge in [0.05, 0.1) is 17.1 Å². The SMILES string of the molecule is CN(C)Cc1c(N2CCCCC2)ccc2c(CCC3CCN(Cc4ccc(Cl)cc4)CC3)noc12.CN(C)Cc1c(N2CCCCC2)ccc2c(CCC3CCN(Cc4ccc(Cl)cc4)CC3)noc12.CN(C)Cc1c(N2CCCCC2)ccc2c(CCC3CCNCC3)noc12.Cl.Cl. The number of halogens is 4. The molecule has 0 amide bonds. The van der Waals surface area contributed by atoms with Crippen LogP contribution in [-0.4, -0.2) is 161 Å². The summed E-state index contributed by atoms with van der Waals surface area (Å²) in [5.41, 5.74) is 17.0. The third-order valence-corrected chi connectivity index (χ3v) is 22.3. The third-order valence-electron chi connectivity index (χ3n) is 21.8. The zero-order valence-electron chi connectivity index (χ0n) is 60.4. The molecule has 0 unspecified atom stereocenters. The lowest BCUT2D eigenvalue weighted by molar-refractivity contribution is 0.172. The molecule has 540 valence electrons. The van der Waals surface area contributed by atoms with Crippen LogP contribution in [0.15, 0.2) is 98.5 Å². The summed E-state index contributed by atoms with van der Waals surface area (Å²) in [5.74, 6) is 2.35.